The number of rotatable bonds is 3. The van der Waals surface area contributed by atoms with Gasteiger partial charge in [0.25, 0.3) is 0 Å². The SMILES string of the molecule is CC(=O)N1CCN(CC(=O)c2ccc3c(c2)OCO3)CC1. The van der Waals surface area contributed by atoms with E-state index in [2.05, 4.69) is 4.90 Å². The largest absolute Gasteiger partial charge is 0.454 e. The van der Waals surface area contributed by atoms with Crippen molar-refractivity contribution in [2.75, 3.05) is 39.5 Å². The zero-order chi connectivity index (χ0) is 14.8. The molecule has 0 radical (unpaired) electrons. The number of nitrogens with zero attached hydrogens (tertiary/aromatic N) is 2. The fourth-order valence-corrected chi connectivity index (χ4v) is 2.59. The molecule has 2 aliphatic rings. The third kappa shape index (κ3) is 3.00. The second-order valence-corrected chi connectivity index (χ2v) is 5.27. The van der Waals surface area contributed by atoms with Crippen LogP contribution in [0.15, 0.2) is 18.2 Å². The molecule has 1 aromatic rings. The normalized spacial score (nSPS) is 17.9. The Balaban J connectivity index is 1.58. The van der Waals surface area contributed by atoms with Crippen molar-refractivity contribution in [3.63, 3.8) is 0 Å². The second kappa shape index (κ2) is 5.73. The molecular formula is C15H18N2O4. The number of hydrogen-bond acceptors (Lipinski definition) is 5. The summed E-state index contributed by atoms with van der Waals surface area (Å²) in [6.07, 6.45) is 0. The quantitative estimate of drug-likeness (QED) is 0.769. The van der Waals surface area contributed by atoms with Gasteiger partial charge in [-0.3, -0.25) is 14.5 Å². The smallest absolute Gasteiger partial charge is 0.231 e. The Morgan fingerprint density at radius 2 is 1.81 bits per heavy atom. The molecule has 0 bridgehead atoms. The van der Waals surface area contributed by atoms with Gasteiger partial charge < -0.3 is 14.4 Å². The molecule has 0 spiro atoms. The van der Waals surface area contributed by atoms with Gasteiger partial charge >= 0.3 is 0 Å². The monoisotopic (exact) mass is 290 g/mol. The molecule has 1 saturated heterocycles. The fourth-order valence-electron chi connectivity index (χ4n) is 2.59. The Labute approximate surface area is 123 Å². The van der Waals surface area contributed by atoms with Gasteiger partial charge in [0, 0.05) is 38.7 Å². The van der Waals surface area contributed by atoms with Gasteiger partial charge in [-0.15, -0.1) is 0 Å². The Bertz CT molecular complexity index is 565. The highest BCUT2D eigenvalue weighted by Gasteiger charge is 2.22. The predicted molar refractivity (Wildman–Crippen MR) is 75.6 cm³/mol. The maximum absolute atomic E-state index is 12.3. The standard InChI is InChI=1S/C15H18N2O4/c1-11(18)17-6-4-16(5-7-17)9-13(19)12-2-3-14-15(8-12)21-10-20-14/h2-3,8H,4-7,9-10H2,1H3. The highest BCUT2D eigenvalue weighted by Crippen LogP contribution is 2.32. The van der Waals surface area contributed by atoms with Crippen molar-refractivity contribution in [1.29, 1.82) is 0 Å². The van der Waals surface area contributed by atoms with Crippen LogP contribution in [0.1, 0.15) is 17.3 Å². The first-order chi connectivity index (χ1) is 10.1. The molecule has 1 fully saturated rings. The molecule has 0 aromatic heterocycles. The number of carbonyl (C=O) groups excluding carboxylic acids is 2. The van der Waals surface area contributed by atoms with E-state index in [0.717, 1.165) is 13.1 Å². The Kier molecular flexibility index (Phi) is 3.79. The van der Waals surface area contributed by atoms with Crippen LogP contribution in [0, 0.1) is 0 Å². The first-order valence-electron chi connectivity index (χ1n) is 7.04. The molecular weight excluding hydrogens is 272 g/mol. The van der Waals surface area contributed by atoms with Crippen molar-refractivity contribution in [2.45, 2.75) is 6.92 Å². The first kappa shape index (κ1) is 13.9. The van der Waals surface area contributed by atoms with Crippen LogP contribution in [0.4, 0.5) is 0 Å². The highest BCUT2D eigenvalue weighted by molar-refractivity contribution is 5.98. The lowest BCUT2D eigenvalue weighted by molar-refractivity contribution is -0.130. The molecule has 0 saturated carbocycles. The van der Waals surface area contributed by atoms with Crippen molar-refractivity contribution in [3.05, 3.63) is 23.8 Å². The van der Waals surface area contributed by atoms with E-state index in [-0.39, 0.29) is 18.5 Å². The summed E-state index contributed by atoms with van der Waals surface area (Å²) >= 11 is 0. The molecule has 3 rings (SSSR count). The van der Waals surface area contributed by atoms with Crippen LogP contribution in [0.25, 0.3) is 0 Å². The predicted octanol–water partition coefficient (Wildman–Crippen LogP) is 0.762. The van der Waals surface area contributed by atoms with Crippen LogP contribution >= 0.6 is 0 Å². The summed E-state index contributed by atoms with van der Waals surface area (Å²) in [5.74, 6) is 1.46. The number of ether oxygens (including phenoxy) is 2. The molecule has 0 unspecified atom stereocenters. The Morgan fingerprint density at radius 1 is 1.10 bits per heavy atom. The van der Waals surface area contributed by atoms with E-state index in [4.69, 9.17) is 9.47 Å². The Hall–Kier alpha value is -2.08. The summed E-state index contributed by atoms with van der Waals surface area (Å²) in [6.45, 7) is 4.98. The number of fused-ring (bicyclic) bond motifs is 1. The maximum atomic E-state index is 12.3. The molecule has 2 aliphatic heterocycles. The number of ketones is 1. The van der Waals surface area contributed by atoms with Crippen molar-refractivity contribution in [1.82, 2.24) is 9.80 Å². The Morgan fingerprint density at radius 3 is 2.52 bits per heavy atom. The number of benzene rings is 1. The van der Waals surface area contributed by atoms with Gasteiger partial charge in [-0.05, 0) is 18.2 Å². The van der Waals surface area contributed by atoms with Crippen LogP contribution in [0.5, 0.6) is 11.5 Å². The lowest BCUT2D eigenvalue weighted by Gasteiger charge is -2.33. The van der Waals surface area contributed by atoms with Crippen LogP contribution in [0.3, 0.4) is 0 Å². The topological polar surface area (TPSA) is 59.1 Å². The minimum Gasteiger partial charge on any atom is -0.454 e. The third-order valence-corrected chi connectivity index (χ3v) is 3.88. The lowest BCUT2D eigenvalue weighted by atomic mass is 10.1. The van der Waals surface area contributed by atoms with Crippen molar-refractivity contribution >= 4 is 11.7 Å². The highest BCUT2D eigenvalue weighted by atomic mass is 16.7. The van der Waals surface area contributed by atoms with E-state index in [1.54, 1.807) is 25.1 Å². The van der Waals surface area contributed by atoms with Crippen LogP contribution in [-0.2, 0) is 4.79 Å². The van der Waals surface area contributed by atoms with Gasteiger partial charge in [-0.25, -0.2) is 0 Å². The van der Waals surface area contributed by atoms with Gasteiger partial charge in [0.15, 0.2) is 17.3 Å². The molecule has 0 N–H and O–H groups in total. The summed E-state index contributed by atoms with van der Waals surface area (Å²) < 4.78 is 10.5. The van der Waals surface area contributed by atoms with Crippen LogP contribution < -0.4 is 9.47 Å². The molecule has 0 atom stereocenters. The molecule has 1 aromatic carbocycles. The van der Waals surface area contributed by atoms with E-state index in [9.17, 15) is 9.59 Å². The lowest BCUT2D eigenvalue weighted by Crippen LogP contribution is -2.49. The summed E-state index contributed by atoms with van der Waals surface area (Å²) in [6, 6.07) is 5.27. The van der Waals surface area contributed by atoms with Crippen molar-refractivity contribution in [2.24, 2.45) is 0 Å². The number of hydrogen-bond donors (Lipinski definition) is 0. The van der Waals surface area contributed by atoms with Crippen LogP contribution in [-0.4, -0.2) is 61.0 Å². The maximum Gasteiger partial charge on any atom is 0.231 e. The van der Waals surface area contributed by atoms with E-state index in [1.165, 1.54) is 0 Å². The molecule has 0 aliphatic carbocycles. The number of Topliss-reactive ketones (excluding diaryl/α,β-unsaturated/α-hetero) is 1. The summed E-state index contributed by atoms with van der Waals surface area (Å²) in [5.41, 5.74) is 0.633. The van der Waals surface area contributed by atoms with Crippen molar-refractivity contribution < 1.29 is 19.1 Å². The van der Waals surface area contributed by atoms with Gasteiger partial charge in [0.2, 0.25) is 12.7 Å². The van der Waals surface area contributed by atoms with E-state index in [0.29, 0.717) is 36.7 Å². The fraction of sp³-hybridized carbons (Fsp3) is 0.467. The summed E-state index contributed by atoms with van der Waals surface area (Å²) in [4.78, 5) is 27.5. The molecule has 6 nitrogen and oxygen atoms in total. The zero-order valence-corrected chi connectivity index (χ0v) is 12.0. The van der Waals surface area contributed by atoms with Gasteiger partial charge in [0.1, 0.15) is 0 Å². The minimum absolute atomic E-state index is 0.0598. The minimum atomic E-state index is 0.0598. The average Bonchev–Trinajstić information content (AvgIpc) is 2.95. The number of carbonyl (C=O) groups is 2. The van der Waals surface area contributed by atoms with E-state index < -0.39 is 0 Å². The molecule has 112 valence electrons. The molecule has 1 amide bonds. The molecule has 6 heteroatoms. The molecule has 2 heterocycles. The molecule has 21 heavy (non-hydrogen) atoms. The third-order valence-electron chi connectivity index (χ3n) is 3.88. The summed E-state index contributed by atoms with van der Waals surface area (Å²) in [7, 11) is 0. The van der Waals surface area contributed by atoms with Crippen LogP contribution in [0.2, 0.25) is 0 Å². The zero-order valence-electron chi connectivity index (χ0n) is 12.0. The average molecular weight is 290 g/mol. The van der Waals surface area contributed by atoms with Gasteiger partial charge in [-0.2, -0.15) is 0 Å². The second-order valence-electron chi connectivity index (χ2n) is 5.27. The number of amides is 1. The number of piperazine rings is 1. The van der Waals surface area contributed by atoms with Crippen molar-refractivity contribution in [3.8, 4) is 11.5 Å². The van der Waals surface area contributed by atoms with E-state index in [1.807, 2.05) is 4.90 Å². The first-order valence-corrected chi connectivity index (χ1v) is 7.04. The summed E-state index contributed by atoms with van der Waals surface area (Å²) in [5, 5.41) is 0. The van der Waals surface area contributed by atoms with Gasteiger partial charge in [0.05, 0.1) is 6.54 Å². The van der Waals surface area contributed by atoms with E-state index >= 15 is 0 Å². The van der Waals surface area contributed by atoms with Gasteiger partial charge in [-0.1, -0.05) is 0 Å².